The summed E-state index contributed by atoms with van der Waals surface area (Å²) < 4.78 is 0. The molecule has 0 bridgehead atoms. The molecule has 1 heteroatoms. The Morgan fingerprint density at radius 2 is 1.55 bits per heavy atom. The van der Waals surface area contributed by atoms with Crippen LogP contribution in [0.5, 0.6) is 0 Å². The standard InChI is InChI=1S/C19H33N/c1-7-16(6)12-18(14(2)3)13-17-8-10-19(11-9-17)20-15(4)5/h8-11,14-16,18,20H,7,12-13H2,1-6H3. The van der Waals surface area contributed by atoms with Gasteiger partial charge >= 0.3 is 0 Å². The van der Waals surface area contributed by atoms with E-state index in [9.17, 15) is 0 Å². The second kappa shape index (κ2) is 8.34. The van der Waals surface area contributed by atoms with Gasteiger partial charge in [0.1, 0.15) is 0 Å². The highest BCUT2D eigenvalue weighted by Crippen LogP contribution is 2.26. The summed E-state index contributed by atoms with van der Waals surface area (Å²) in [7, 11) is 0. The molecule has 0 saturated carbocycles. The molecule has 1 aromatic carbocycles. The summed E-state index contributed by atoms with van der Waals surface area (Å²) in [6.45, 7) is 13.8. The smallest absolute Gasteiger partial charge is 0.0342 e. The van der Waals surface area contributed by atoms with Crippen molar-refractivity contribution in [1.82, 2.24) is 0 Å². The molecule has 0 aliphatic heterocycles. The first-order chi connectivity index (χ1) is 9.42. The SMILES string of the molecule is CCC(C)CC(Cc1ccc(NC(C)C)cc1)C(C)C. The third kappa shape index (κ3) is 5.98. The number of benzene rings is 1. The highest BCUT2D eigenvalue weighted by molar-refractivity contribution is 5.45. The van der Waals surface area contributed by atoms with Crippen molar-refractivity contribution in [1.29, 1.82) is 0 Å². The molecule has 0 heterocycles. The number of hydrogen-bond acceptors (Lipinski definition) is 1. The normalized spacial score (nSPS) is 14.6. The van der Waals surface area contributed by atoms with Gasteiger partial charge in [-0.1, -0.05) is 46.2 Å². The largest absolute Gasteiger partial charge is 0.383 e. The maximum Gasteiger partial charge on any atom is 0.0342 e. The number of nitrogens with one attached hydrogen (secondary N) is 1. The molecule has 0 aliphatic rings. The molecule has 114 valence electrons. The molecule has 1 rings (SSSR count). The molecule has 2 atom stereocenters. The van der Waals surface area contributed by atoms with Crippen LogP contribution in [0.1, 0.15) is 59.9 Å². The van der Waals surface area contributed by atoms with E-state index in [4.69, 9.17) is 0 Å². The summed E-state index contributed by atoms with van der Waals surface area (Å²) >= 11 is 0. The Kier molecular flexibility index (Phi) is 7.12. The molecule has 20 heavy (non-hydrogen) atoms. The average Bonchev–Trinajstić information content (AvgIpc) is 2.39. The minimum absolute atomic E-state index is 0.495. The van der Waals surface area contributed by atoms with Crippen LogP contribution in [0, 0.1) is 17.8 Å². The molecule has 1 N–H and O–H groups in total. The van der Waals surface area contributed by atoms with E-state index in [-0.39, 0.29) is 0 Å². The first kappa shape index (κ1) is 17.1. The molecular weight excluding hydrogens is 242 g/mol. The Bertz CT molecular complexity index is 364. The van der Waals surface area contributed by atoms with Crippen LogP contribution in [0.15, 0.2) is 24.3 Å². The van der Waals surface area contributed by atoms with E-state index in [1.165, 1.54) is 30.5 Å². The monoisotopic (exact) mass is 275 g/mol. The van der Waals surface area contributed by atoms with Crippen LogP contribution in [-0.2, 0) is 6.42 Å². The first-order valence-corrected chi connectivity index (χ1v) is 8.27. The van der Waals surface area contributed by atoms with Crippen LogP contribution in [-0.4, -0.2) is 6.04 Å². The topological polar surface area (TPSA) is 12.0 Å². The van der Waals surface area contributed by atoms with Crippen LogP contribution >= 0.6 is 0 Å². The fourth-order valence-corrected chi connectivity index (χ4v) is 2.65. The number of anilines is 1. The predicted octanol–water partition coefficient (Wildman–Crippen LogP) is 5.76. The second-order valence-corrected chi connectivity index (χ2v) is 6.95. The van der Waals surface area contributed by atoms with Crippen LogP contribution in [0.25, 0.3) is 0 Å². The fraction of sp³-hybridized carbons (Fsp3) is 0.684. The summed E-state index contributed by atoms with van der Waals surface area (Å²) in [5.74, 6) is 2.40. The molecule has 0 amide bonds. The van der Waals surface area contributed by atoms with E-state index in [0.717, 1.165) is 17.8 Å². The van der Waals surface area contributed by atoms with Gasteiger partial charge < -0.3 is 5.32 Å². The van der Waals surface area contributed by atoms with Crippen molar-refractivity contribution >= 4 is 5.69 Å². The third-order valence-electron chi connectivity index (χ3n) is 4.25. The van der Waals surface area contributed by atoms with Gasteiger partial charge in [-0.05, 0) is 62.1 Å². The lowest BCUT2D eigenvalue weighted by Gasteiger charge is -2.24. The molecule has 2 unspecified atom stereocenters. The van der Waals surface area contributed by atoms with Gasteiger partial charge in [-0.15, -0.1) is 0 Å². The van der Waals surface area contributed by atoms with Gasteiger partial charge in [0.15, 0.2) is 0 Å². The van der Waals surface area contributed by atoms with E-state index < -0.39 is 0 Å². The highest BCUT2D eigenvalue weighted by Gasteiger charge is 2.16. The molecule has 0 fully saturated rings. The fourth-order valence-electron chi connectivity index (χ4n) is 2.65. The van der Waals surface area contributed by atoms with Crippen molar-refractivity contribution in [2.24, 2.45) is 17.8 Å². The lowest BCUT2D eigenvalue weighted by Crippen LogP contribution is -2.15. The van der Waals surface area contributed by atoms with E-state index in [2.05, 4.69) is 71.1 Å². The van der Waals surface area contributed by atoms with E-state index in [1.54, 1.807) is 0 Å². The third-order valence-corrected chi connectivity index (χ3v) is 4.25. The van der Waals surface area contributed by atoms with E-state index in [1.807, 2.05) is 0 Å². The average molecular weight is 275 g/mol. The maximum atomic E-state index is 3.45. The van der Waals surface area contributed by atoms with Crippen LogP contribution < -0.4 is 5.32 Å². The number of hydrogen-bond donors (Lipinski definition) is 1. The van der Waals surface area contributed by atoms with Crippen LogP contribution in [0.2, 0.25) is 0 Å². The van der Waals surface area contributed by atoms with Crippen LogP contribution in [0.3, 0.4) is 0 Å². The van der Waals surface area contributed by atoms with Crippen molar-refractivity contribution < 1.29 is 0 Å². The Labute approximate surface area is 126 Å². The molecule has 0 radical (unpaired) electrons. The van der Waals surface area contributed by atoms with Gasteiger partial charge in [-0.2, -0.15) is 0 Å². The van der Waals surface area contributed by atoms with E-state index >= 15 is 0 Å². The summed E-state index contributed by atoms with van der Waals surface area (Å²) in [5, 5.41) is 3.45. The van der Waals surface area contributed by atoms with Crippen molar-refractivity contribution in [2.75, 3.05) is 5.32 Å². The lowest BCUT2D eigenvalue weighted by molar-refractivity contribution is 0.301. The van der Waals surface area contributed by atoms with Crippen molar-refractivity contribution in [2.45, 2.75) is 66.8 Å². The molecule has 0 aliphatic carbocycles. The Balaban J connectivity index is 2.64. The Morgan fingerprint density at radius 1 is 0.950 bits per heavy atom. The maximum absolute atomic E-state index is 3.45. The molecule has 0 spiro atoms. The highest BCUT2D eigenvalue weighted by atomic mass is 14.9. The summed E-state index contributed by atoms with van der Waals surface area (Å²) in [5.41, 5.74) is 2.70. The van der Waals surface area contributed by atoms with Gasteiger partial charge in [0.05, 0.1) is 0 Å². The molecule has 0 saturated heterocycles. The van der Waals surface area contributed by atoms with Gasteiger partial charge in [-0.25, -0.2) is 0 Å². The van der Waals surface area contributed by atoms with Gasteiger partial charge in [-0.3, -0.25) is 0 Å². The van der Waals surface area contributed by atoms with Crippen molar-refractivity contribution in [3.8, 4) is 0 Å². The Morgan fingerprint density at radius 3 is 2.00 bits per heavy atom. The summed E-state index contributed by atoms with van der Waals surface area (Å²) in [4.78, 5) is 0. The first-order valence-electron chi connectivity index (χ1n) is 8.27. The van der Waals surface area contributed by atoms with Crippen LogP contribution in [0.4, 0.5) is 5.69 Å². The van der Waals surface area contributed by atoms with Crippen molar-refractivity contribution in [3.05, 3.63) is 29.8 Å². The Hall–Kier alpha value is -0.980. The molecular formula is C19H33N. The summed E-state index contributed by atoms with van der Waals surface area (Å²) in [6, 6.07) is 9.51. The zero-order chi connectivity index (χ0) is 15.1. The second-order valence-electron chi connectivity index (χ2n) is 6.95. The van der Waals surface area contributed by atoms with Gasteiger partial charge in [0.2, 0.25) is 0 Å². The quantitative estimate of drug-likeness (QED) is 0.636. The van der Waals surface area contributed by atoms with E-state index in [0.29, 0.717) is 6.04 Å². The predicted molar refractivity (Wildman–Crippen MR) is 91.3 cm³/mol. The number of rotatable bonds is 8. The minimum atomic E-state index is 0.495. The molecule has 0 aromatic heterocycles. The molecule has 1 nitrogen and oxygen atoms in total. The zero-order valence-electron chi connectivity index (χ0n) is 14.2. The lowest BCUT2D eigenvalue weighted by atomic mass is 9.82. The zero-order valence-corrected chi connectivity index (χ0v) is 14.2. The van der Waals surface area contributed by atoms with Crippen molar-refractivity contribution in [3.63, 3.8) is 0 Å². The van der Waals surface area contributed by atoms with Gasteiger partial charge in [0.25, 0.3) is 0 Å². The van der Waals surface area contributed by atoms with Gasteiger partial charge in [0, 0.05) is 11.7 Å². The summed E-state index contributed by atoms with van der Waals surface area (Å²) in [6.07, 6.45) is 3.85. The molecule has 1 aromatic rings. The minimum Gasteiger partial charge on any atom is -0.383 e.